The minimum absolute atomic E-state index is 0.00510. The highest BCUT2D eigenvalue weighted by Crippen LogP contribution is 2.28. The van der Waals surface area contributed by atoms with Crippen LogP contribution >= 0.6 is 0 Å². The standard InChI is InChI=1S/C24H33N3O5/c1-6-32-24(29)22-16(2)23(25-17(22)3)19(28)15-27-11-9-26(10-12-27)14-18-7-8-20(30-4)21(13-18)31-5/h7-8,13,25H,6,9-12,14-15H2,1-5H3. The minimum atomic E-state index is -0.387. The van der Waals surface area contributed by atoms with Crippen LogP contribution in [-0.2, 0) is 11.3 Å². The molecule has 8 heteroatoms. The number of nitrogens with one attached hydrogen (secondary N) is 1. The van der Waals surface area contributed by atoms with Crippen LogP contribution in [0.1, 0.15) is 44.6 Å². The molecule has 1 aliphatic heterocycles. The molecule has 0 bridgehead atoms. The fraction of sp³-hybridized carbons (Fsp3) is 0.500. The van der Waals surface area contributed by atoms with E-state index in [1.807, 2.05) is 12.1 Å². The molecule has 1 aromatic heterocycles. The second kappa shape index (κ2) is 10.7. The zero-order valence-electron chi connectivity index (χ0n) is 19.6. The fourth-order valence-corrected chi connectivity index (χ4v) is 4.16. The number of hydrogen-bond acceptors (Lipinski definition) is 7. The molecule has 1 fully saturated rings. The number of aryl methyl sites for hydroxylation is 1. The van der Waals surface area contributed by atoms with E-state index in [4.69, 9.17) is 14.2 Å². The Labute approximate surface area is 189 Å². The van der Waals surface area contributed by atoms with Crippen molar-refractivity contribution in [1.82, 2.24) is 14.8 Å². The lowest BCUT2D eigenvalue weighted by Crippen LogP contribution is -2.47. The molecule has 0 unspecified atom stereocenters. The number of Topliss-reactive ketones (excluding diaryl/α,β-unsaturated/α-hetero) is 1. The molecule has 1 N–H and O–H groups in total. The predicted molar refractivity (Wildman–Crippen MR) is 122 cm³/mol. The molecular formula is C24H33N3O5. The lowest BCUT2D eigenvalue weighted by Gasteiger charge is -2.34. The number of aromatic amines is 1. The predicted octanol–water partition coefficient (Wildman–Crippen LogP) is 2.83. The number of piperazine rings is 1. The van der Waals surface area contributed by atoms with Crippen molar-refractivity contribution in [1.29, 1.82) is 0 Å². The highest BCUT2D eigenvalue weighted by atomic mass is 16.5. The molecule has 0 radical (unpaired) electrons. The number of esters is 1. The summed E-state index contributed by atoms with van der Waals surface area (Å²) in [6, 6.07) is 5.98. The summed E-state index contributed by atoms with van der Waals surface area (Å²) in [7, 11) is 3.27. The minimum Gasteiger partial charge on any atom is -0.493 e. The van der Waals surface area contributed by atoms with Crippen LogP contribution in [0.4, 0.5) is 0 Å². The summed E-state index contributed by atoms with van der Waals surface area (Å²) in [6.45, 7) is 10.2. The number of hydrogen-bond donors (Lipinski definition) is 1. The number of methoxy groups -OCH3 is 2. The van der Waals surface area contributed by atoms with Gasteiger partial charge in [0.25, 0.3) is 0 Å². The molecule has 1 saturated heterocycles. The summed E-state index contributed by atoms with van der Waals surface area (Å²) in [5, 5.41) is 0. The van der Waals surface area contributed by atoms with Crippen molar-refractivity contribution in [2.45, 2.75) is 27.3 Å². The van der Waals surface area contributed by atoms with E-state index in [2.05, 4.69) is 20.9 Å². The SMILES string of the molecule is CCOC(=O)c1c(C)[nH]c(C(=O)CN2CCN(Cc3ccc(OC)c(OC)c3)CC2)c1C. The number of aromatic nitrogens is 1. The van der Waals surface area contributed by atoms with Crippen molar-refractivity contribution in [3.63, 3.8) is 0 Å². The average molecular weight is 444 g/mol. The normalized spacial score (nSPS) is 14.9. The summed E-state index contributed by atoms with van der Waals surface area (Å²) in [6.07, 6.45) is 0. The Morgan fingerprint density at radius 2 is 1.66 bits per heavy atom. The van der Waals surface area contributed by atoms with Gasteiger partial charge in [-0.2, -0.15) is 0 Å². The third kappa shape index (κ3) is 5.31. The van der Waals surface area contributed by atoms with Crippen LogP contribution in [0, 0.1) is 13.8 Å². The van der Waals surface area contributed by atoms with Gasteiger partial charge in [-0.15, -0.1) is 0 Å². The van der Waals surface area contributed by atoms with Gasteiger partial charge in [0.05, 0.1) is 38.6 Å². The van der Waals surface area contributed by atoms with Crippen LogP contribution in [0.2, 0.25) is 0 Å². The van der Waals surface area contributed by atoms with Crippen molar-refractivity contribution in [3.05, 3.63) is 46.3 Å². The molecule has 2 heterocycles. The lowest BCUT2D eigenvalue weighted by atomic mass is 10.1. The van der Waals surface area contributed by atoms with Gasteiger partial charge in [-0.05, 0) is 44.0 Å². The first kappa shape index (κ1) is 23.8. The number of nitrogens with zero attached hydrogens (tertiary/aromatic N) is 2. The number of ether oxygens (including phenoxy) is 3. The van der Waals surface area contributed by atoms with E-state index in [0.717, 1.165) is 49.8 Å². The maximum Gasteiger partial charge on any atom is 0.340 e. The van der Waals surface area contributed by atoms with Gasteiger partial charge in [0.15, 0.2) is 17.3 Å². The van der Waals surface area contributed by atoms with E-state index < -0.39 is 0 Å². The Balaban J connectivity index is 1.56. The molecule has 3 rings (SSSR count). The summed E-state index contributed by atoms with van der Waals surface area (Å²) in [5.41, 5.74) is 3.46. The van der Waals surface area contributed by atoms with E-state index >= 15 is 0 Å². The number of carbonyl (C=O) groups excluding carboxylic acids is 2. The van der Waals surface area contributed by atoms with E-state index in [0.29, 0.717) is 35.7 Å². The molecule has 8 nitrogen and oxygen atoms in total. The maximum atomic E-state index is 12.9. The van der Waals surface area contributed by atoms with Crippen LogP contribution in [0.15, 0.2) is 18.2 Å². The summed E-state index contributed by atoms with van der Waals surface area (Å²) in [4.78, 5) is 32.7. The first-order valence-electron chi connectivity index (χ1n) is 10.9. The van der Waals surface area contributed by atoms with Gasteiger partial charge in [-0.25, -0.2) is 4.79 Å². The van der Waals surface area contributed by atoms with Crippen molar-refractivity contribution in [3.8, 4) is 11.5 Å². The quantitative estimate of drug-likeness (QED) is 0.471. The third-order valence-corrected chi connectivity index (χ3v) is 5.88. The summed E-state index contributed by atoms with van der Waals surface area (Å²) >= 11 is 0. The van der Waals surface area contributed by atoms with Gasteiger partial charge in [0.2, 0.25) is 0 Å². The van der Waals surface area contributed by atoms with Crippen molar-refractivity contribution in [2.24, 2.45) is 0 Å². The van der Waals surface area contributed by atoms with E-state index in [9.17, 15) is 9.59 Å². The summed E-state index contributed by atoms with van der Waals surface area (Å²) < 4.78 is 15.8. The van der Waals surface area contributed by atoms with E-state index in [-0.39, 0.29) is 11.8 Å². The number of rotatable bonds is 9. The molecule has 32 heavy (non-hydrogen) atoms. The van der Waals surface area contributed by atoms with Gasteiger partial charge >= 0.3 is 5.97 Å². The molecule has 174 valence electrons. The second-order valence-electron chi connectivity index (χ2n) is 8.01. The Hall–Kier alpha value is -2.84. The highest BCUT2D eigenvalue weighted by Gasteiger charge is 2.25. The van der Waals surface area contributed by atoms with Gasteiger partial charge in [-0.1, -0.05) is 6.07 Å². The van der Waals surface area contributed by atoms with E-state index in [1.54, 1.807) is 35.0 Å². The number of ketones is 1. The van der Waals surface area contributed by atoms with Crippen LogP contribution in [0.5, 0.6) is 11.5 Å². The number of benzene rings is 1. The van der Waals surface area contributed by atoms with Crippen LogP contribution in [0.3, 0.4) is 0 Å². The number of carbonyl (C=O) groups is 2. The molecule has 0 aliphatic carbocycles. The molecular weight excluding hydrogens is 410 g/mol. The molecule has 2 aromatic rings. The Bertz CT molecular complexity index is 961. The van der Waals surface area contributed by atoms with Crippen molar-refractivity contribution < 1.29 is 23.8 Å². The number of H-pyrrole nitrogens is 1. The fourth-order valence-electron chi connectivity index (χ4n) is 4.16. The van der Waals surface area contributed by atoms with Crippen molar-refractivity contribution in [2.75, 3.05) is 53.6 Å². The van der Waals surface area contributed by atoms with Crippen LogP contribution in [0.25, 0.3) is 0 Å². The Morgan fingerprint density at radius 3 is 2.28 bits per heavy atom. The zero-order chi connectivity index (χ0) is 23.3. The van der Waals surface area contributed by atoms with Crippen molar-refractivity contribution >= 4 is 11.8 Å². The van der Waals surface area contributed by atoms with Crippen LogP contribution < -0.4 is 9.47 Å². The average Bonchev–Trinajstić information content (AvgIpc) is 3.09. The topological polar surface area (TPSA) is 84.1 Å². The van der Waals surface area contributed by atoms with Gasteiger partial charge in [-0.3, -0.25) is 14.6 Å². The third-order valence-electron chi connectivity index (χ3n) is 5.88. The molecule has 0 saturated carbocycles. The largest absolute Gasteiger partial charge is 0.493 e. The second-order valence-corrected chi connectivity index (χ2v) is 8.01. The van der Waals surface area contributed by atoms with Gasteiger partial charge in [0, 0.05) is 38.4 Å². The first-order chi connectivity index (χ1) is 15.4. The first-order valence-corrected chi connectivity index (χ1v) is 10.9. The van der Waals surface area contributed by atoms with Gasteiger partial charge < -0.3 is 19.2 Å². The Kier molecular flexibility index (Phi) is 7.93. The molecule has 1 aromatic carbocycles. The van der Waals surface area contributed by atoms with Gasteiger partial charge in [0.1, 0.15) is 0 Å². The molecule has 0 spiro atoms. The van der Waals surface area contributed by atoms with E-state index in [1.165, 1.54) is 0 Å². The smallest absolute Gasteiger partial charge is 0.340 e. The zero-order valence-corrected chi connectivity index (χ0v) is 19.6. The lowest BCUT2D eigenvalue weighted by molar-refractivity contribution is 0.0525. The Morgan fingerprint density at radius 1 is 1.00 bits per heavy atom. The molecule has 0 amide bonds. The van der Waals surface area contributed by atoms with Crippen LogP contribution in [-0.4, -0.2) is 80.1 Å². The molecule has 0 atom stereocenters. The molecule has 1 aliphatic rings. The maximum absolute atomic E-state index is 12.9. The highest BCUT2D eigenvalue weighted by molar-refractivity contribution is 6.02. The summed E-state index contributed by atoms with van der Waals surface area (Å²) in [5.74, 6) is 1.06. The monoisotopic (exact) mass is 443 g/mol.